The van der Waals surface area contributed by atoms with E-state index >= 15 is 0 Å². The molecule has 0 saturated heterocycles. The first-order chi connectivity index (χ1) is 8.69. The molecule has 1 N–H and O–H groups in total. The van der Waals surface area contributed by atoms with E-state index in [0.717, 1.165) is 35.1 Å². The predicted octanol–water partition coefficient (Wildman–Crippen LogP) is 4.95. The summed E-state index contributed by atoms with van der Waals surface area (Å²) in [5.41, 5.74) is 1.12. The molecular weight excluding hydrogens is 285 g/mol. The smallest absolute Gasteiger partial charge is 0.0468 e. The van der Waals surface area contributed by atoms with Crippen LogP contribution < -0.4 is 5.32 Å². The maximum atomic E-state index is 6.22. The molecule has 0 heterocycles. The topological polar surface area (TPSA) is 12.0 Å². The molecule has 0 aliphatic rings. The van der Waals surface area contributed by atoms with E-state index in [1.807, 2.05) is 30.0 Å². The SMILES string of the molecule is C=CCSCCNC(CC)c1ccc(Cl)cc1Cl. The highest BCUT2D eigenvalue weighted by molar-refractivity contribution is 7.99. The van der Waals surface area contributed by atoms with Crippen LogP contribution in [0.3, 0.4) is 0 Å². The number of benzene rings is 1. The first-order valence-electron chi connectivity index (χ1n) is 6.06. The zero-order valence-electron chi connectivity index (χ0n) is 10.6. The third-order valence-corrected chi connectivity index (χ3v) is 4.15. The number of thioether (sulfide) groups is 1. The summed E-state index contributed by atoms with van der Waals surface area (Å²) in [7, 11) is 0. The summed E-state index contributed by atoms with van der Waals surface area (Å²) in [6.45, 7) is 6.83. The molecule has 1 unspecified atom stereocenters. The van der Waals surface area contributed by atoms with E-state index in [2.05, 4.69) is 18.8 Å². The fraction of sp³-hybridized carbons (Fsp3) is 0.429. The summed E-state index contributed by atoms with van der Waals surface area (Å²) < 4.78 is 0. The van der Waals surface area contributed by atoms with E-state index in [0.29, 0.717) is 11.1 Å². The van der Waals surface area contributed by atoms with Crippen LogP contribution in [-0.2, 0) is 0 Å². The highest BCUT2D eigenvalue weighted by Gasteiger charge is 2.12. The van der Waals surface area contributed by atoms with Gasteiger partial charge in [0.1, 0.15) is 0 Å². The summed E-state index contributed by atoms with van der Waals surface area (Å²) in [6.07, 6.45) is 2.94. The van der Waals surface area contributed by atoms with Gasteiger partial charge in [-0.2, -0.15) is 11.8 Å². The van der Waals surface area contributed by atoms with Crippen molar-refractivity contribution in [1.82, 2.24) is 5.32 Å². The monoisotopic (exact) mass is 303 g/mol. The van der Waals surface area contributed by atoms with Crippen LogP contribution in [0.5, 0.6) is 0 Å². The maximum absolute atomic E-state index is 6.22. The van der Waals surface area contributed by atoms with Gasteiger partial charge in [-0.25, -0.2) is 0 Å². The Kier molecular flexibility index (Phi) is 7.84. The Morgan fingerprint density at radius 3 is 2.83 bits per heavy atom. The van der Waals surface area contributed by atoms with Crippen LogP contribution in [0.4, 0.5) is 0 Å². The lowest BCUT2D eigenvalue weighted by Gasteiger charge is -2.18. The van der Waals surface area contributed by atoms with Gasteiger partial charge < -0.3 is 5.32 Å². The van der Waals surface area contributed by atoms with E-state index in [9.17, 15) is 0 Å². The molecule has 100 valence electrons. The van der Waals surface area contributed by atoms with Gasteiger partial charge in [0.25, 0.3) is 0 Å². The second-order valence-electron chi connectivity index (χ2n) is 3.94. The molecule has 4 heteroatoms. The molecule has 1 aromatic carbocycles. The quantitative estimate of drug-likeness (QED) is 0.538. The molecule has 0 aliphatic carbocycles. The molecule has 0 bridgehead atoms. The van der Waals surface area contributed by atoms with Crippen LogP contribution in [0.2, 0.25) is 10.0 Å². The summed E-state index contributed by atoms with van der Waals surface area (Å²) in [5.74, 6) is 2.08. The standard InChI is InChI=1S/C14H19Cl2NS/c1-3-8-18-9-7-17-14(4-2)12-6-5-11(15)10-13(12)16/h3,5-6,10,14,17H,1,4,7-9H2,2H3. The Labute approximate surface area is 124 Å². The van der Waals surface area contributed by atoms with Gasteiger partial charge in [0.15, 0.2) is 0 Å². The van der Waals surface area contributed by atoms with Gasteiger partial charge >= 0.3 is 0 Å². The summed E-state index contributed by atoms with van der Waals surface area (Å²) in [4.78, 5) is 0. The largest absolute Gasteiger partial charge is 0.309 e. The molecule has 18 heavy (non-hydrogen) atoms. The zero-order chi connectivity index (χ0) is 13.4. The molecular formula is C14H19Cl2NS. The first kappa shape index (κ1) is 15.9. The lowest BCUT2D eigenvalue weighted by Crippen LogP contribution is -2.23. The molecule has 0 amide bonds. The van der Waals surface area contributed by atoms with Crippen molar-refractivity contribution in [1.29, 1.82) is 0 Å². The Hall–Kier alpha value is -0.150. The van der Waals surface area contributed by atoms with Gasteiger partial charge in [-0.1, -0.05) is 42.3 Å². The lowest BCUT2D eigenvalue weighted by atomic mass is 10.0. The normalized spacial score (nSPS) is 12.4. The molecule has 1 nitrogen and oxygen atoms in total. The van der Waals surface area contributed by atoms with Crippen LogP contribution in [0, 0.1) is 0 Å². The van der Waals surface area contributed by atoms with E-state index in [4.69, 9.17) is 23.2 Å². The number of hydrogen-bond acceptors (Lipinski definition) is 2. The van der Waals surface area contributed by atoms with Crippen molar-refractivity contribution in [3.63, 3.8) is 0 Å². The highest BCUT2D eigenvalue weighted by atomic mass is 35.5. The number of rotatable bonds is 8. The van der Waals surface area contributed by atoms with Gasteiger partial charge in [0.05, 0.1) is 0 Å². The maximum Gasteiger partial charge on any atom is 0.0468 e. The van der Waals surface area contributed by atoms with Crippen LogP contribution in [0.1, 0.15) is 24.9 Å². The Bertz CT molecular complexity index is 382. The van der Waals surface area contributed by atoms with Gasteiger partial charge in [0.2, 0.25) is 0 Å². The second kappa shape index (κ2) is 8.87. The first-order valence-corrected chi connectivity index (χ1v) is 7.97. The average Bonchev–Trinajstić information content (AvgIpc) is 2.35. The van der Waals surface area contributed by atoms with Crippen molar-refractivity contribution in [3.8, 4) is 0 Å². The predicted molar refractivity (Wildman–Crippen MR) is 85.0 cm³/mol. The summed E-state index contributed by atoms with van der Waals surface area (Å²) >= 11 is 14.0. The second-order valence-corrected chi connectivity index (χ2v) is 5.94. The van der Waals surface area contributed by atoms with Crippen LogP contribution >= 0.6 is 35.0 Å². The molecule has 0 radical (unpaired) electrons. The molecule has 0 spiro atoms. The van der Waals surface area contributed by atoms with Gasteiger partial charge in [-0.05, 0) is 24.1 Å². The van der Waals surface area contributed by atoms with Crippen molar-refractivity contribution in [2.75, 3.05) is 18.1 Å². The number of nitrogens with one attached hydrogen (secondary N) is 1. The molecule has 0 aromatic heterocycles. The fourth-order valence-corrected chi connectivity index (χ4v) is 2.87. The van der Waals surface area contributed by atoms with E-state index in [1.54, 1.807) is 6.07 Å². The highest BCUT2D eigenvalue weighted by Crippen LogP contribution is 2.27. The van der Waals surface area contributed by atoms with Crippen molar-refractivity contribution in [3.05, 3.63) is 46.5 Å². The molecule has 0 aliphatic heterocycles. The van der Waals surface area contributed by atoms with Gasteiger partial charge in [-0.3, -0.25) is 0 Å². The minimum absolute atomic E-state index is 0.291. The van der Waals surface area contributed by atoms with Gasteiger partial charge in [0, 0.05) is 34.1 Å². The molecule has 0 saturated carbocycles. The van der Waals surface area contributed by atoms with Crippen molar-refractivity contribution in [2.24, 2.45) is 0 Å². The third kappa shape index (κ3) is 5.23. The van der Waals surface area contributed by atoms with Gasteiger partial charge in [-0.15, -0.1) is 6.58 Å². The van der Waals surface area contributed by atoms with Crippen LogP contribution in [-0.4, -0.2) is 18.1 Å². The zero-order valence-corrected chi connectivity index (χ0v) is 12.9. The van der Waals surface area contributed by atoms with Crippen LogP contribution in [0.15, 0.2) is 30.9 Å². The minimum Gasteiger partial charge on any atom is -0.309 e. The van der Waals surface area contributed by atoms with Crippen LogP contribution in [0.25, 0.3) is 0 Å². The molecule has 0 fully saturated rings. The molecule has 1 atom stereocenters. The molecule has 1 aromatic rings. The minimum atomic E-state index is 0.291. The number of halogens is 2. The Morgan fingerprint density at radius 2 is 2.22 bits per heavy atom. The van der Waals surface area contributed by atoms with E-state index in [-0.39, 0.29) is 0 Å². The Balaban J connectivity index is 2.52. The van der Waals surface area contributed by atoms with E-state index in [1.165, 1.54) is 0 Å². The Morgan fingerprint density at radius 1 is 1.44 bits per heavy atom. The van der Waals surface area contributed by atoms with Crippen molar-refractivity contribution < 1.29 is 0 Å². The average molecular weight is 304 g/mol. The third-order valence-electron chi connectivity index (χ3n) is 2.62. The summed E-state index contributed by atoms with van der Waals surface area (Å²) in [6, 6.07) is 5.98. The fourth-order valence-electron chi connectivity index (χ4n) is 1.73. The molecule has 1 rings (SSSR count). The summed E-state index contributed by atoms with van der Waals surface area (Å²) in [5, 5.41) is 4.94. The lowest BCUT2D eigenvalue weighted by molar-refractivity contribution is 0.540. The van der Waals surface area contributed by atoms with Crippen molar-refractivity contribution >= 4 is 35.0 Å². The van der Waals surface area contributed by atoms with Crippen molar-refractivity contribution in [2.45, 2.75) is 19.4 Å². The number of hydrogen-bond donors (Lipinski definition) is 1. The van der Waals surface area contributed by atoms with E-state index < -0.39 is 0 Å².